The number of hydrogen-bond acceptors (Lipinski definition) is 4. The minimum Gasteiger partial charge on any atom is -0.379 e. The van der Waals surface area contributed by atoms with E-state index >= 15 is 0 Å². The standard InChI is InChI=1S/C12H16N2O4S/c15-10-13-9-11-1-3-12(4-2-11)19(16,17)14-5-7-18-8-6-14/h1-4,10H,5-9H2,(H,13,15). The monoisotopic (exact) mass is 284 g/mol. The summed E-state index contributed by atoms with van der Waals surface area (Å²) < 4.78 is 31.2. The van der Waals surface area contributed by atoms with Gasteiger partial charge >= 0.3 is 0 Å². The summed E-state index contributed by atoms with van der Waals surface area (Å²) in [6.45, 7) is 2.02. The van der Waals surface area contributed by atoms with Crippen LogP contribution in [0.1, 0.15) is 5.56 Å². The van der Waals surface area contributed by atoms with E-state index in [-0.39, 0.29) is 4.90 Å². The molecule has 1 N–H and O–H groups in total. The lowest BCUT2D eigenvalue weighted by Crippen LogP contribution is -2.40. The van der Waals surface area contributed by atoms with Crippen molar-refractivity contribution < 1.29 is 17.9 Å². The van der Waals surface area contributed by atoms with Crippen molar-refractivity contribution in [3.8, 4) is 0 Å². The van der Waals surface area contributed by atoms with Crippen molar-refractivity contribution in [2.24, 2.45) is 0 Å². The van der Waals surface area contributed by atoms with Gasteiger partial charge in [0, 0.05) is 19.6 Å². The van der Waals surface area contributed by atoms with Crippen LogP contribution in [0.15, 0.2) is 29.2 Å². The number of benzene rings is 1. The van der Waals surface area contributed by atoms with Crippen LogP contribution in [0.25, 0.3) is 0 Å². The summed E-state index contributed by atoms with van der Waals surface area (Å²) >= 11 is 0. The molecule has 2 rings (SSSR count). The fraction of sp³-hybridized carbons (Fsp3) is 0.417. The lowest BCUT2D eigenvalue weighted by molar-refractivity contribution is -0.109. The van der Waals surface area contributed by atoms with Crippen LogP contribution in [0.4, 0.5) is 0 Å². The summed E-state index contributed by atoms with van der Waals surface area (Å²) in [5.74, 6) is 0. The number of rotatable bonds is 5. The fourth-order valence-corrected chi connectivity index (χ4v) is 3.28. The van der Waals surface area contributed by atoms with Crippen molar-refractivity contribution in [3.05, 3.63) is 29.8 Å². The Bertz CT molecular complexity index is 521. The predicted molar refractivity (Wildman–Crippen MR) is 68.9 cm³/mol. The highest BCUT2D eigenvalue weighted by Gasteiger charge is 2.25. The molecule has 1 aliphatic heterocycles. The van der Waals surface area contributed by atoms with Crippen LogP contribution >= 0.6 is 0 Å². The van der Waals surface area contributed by atoms with Gasteiger partial charge in [0.2, 0.25) is 16.4 Å². The number of amides is 1. The summed E-state index contributed by atoms with van der Waals surface area (Å²) in [5, 5.41) is 2.53. The van der Waals surface area contributed by atoms with Gasteiger partial charge in [-0.2, -0.15) is 4.31 Å². The van der Waals surface area contributed by atoms with E-state index in [2.05, 4.69) is 5.32 Å². The van der Waals surface area contributed by atoms with E-state index in [0.717, 1.165) is 5.56 Å². The fourth-order valence-electron chi connectivity index (χ4n) is 1.87. The summed E-state index contributed by atoms with van der Waals surface area (Å²) in [4.78, 5) is 10.5. The van der Waals surface area contributed by atoms with Crippen LogP contribution in [-0.4, -0.2) is 45.4 Å². The summed E-state index contributed by atoms with van der Waals surface area (Å²) in [6, 6.07) is 6.52. The Hall–Kier alpha value is -1.44. The van der Waals surface area contributed by atoms with Gasteiger partial charge in [0.25, 0.3) is 0 Å². The number of morpholine rings is 1. The maximum absolute atomic E-state index is 12.3. The van der Waals surface area contributed by atoms with E-state index in [1.165, 1.54) is 4.31 Å². The molecule has 1 fully saturated rings. The zero-order valence-corrected chi connectivity index (χ0v) is 11.2. The number of hydrogen-bond donors (Lipinski definition) is 1. The average Bonchev–Trinajstić information content (AvgIpc) is 2.46. The van der Waals surface area contributed by atoms with Crippen LogP contribution in [-0.2, 0) is 26.1 Å². The van der Waals surface area contributed by atoms with Crippen LogP contribution < -0.4 is 5.32 Å². The molecule has 1 heterocycles. The first kappa shape index (κ1) is 14.0. The average molecular weight is 284 g/mol. The third-order valence-corrected chi connectivity index (χ3v) is 4.83. The van der Waals surface area contributed by atoms with Gasteiger partial charge < -0.3 is 10.1 Å². The molecule has 0 unspecified atom stereocenters. The van der Waals surface area contributed by atoms with E-state index in [9.17, 15) is 13.2 Å². The molecule has 0 spiro atoms. The number of nitrogens with zero attached hydrogens (tertiary/aromatic N) is 1. The largest absolute Gasteiger partial charge is 0.379 e. The molecule has 0 atom stereocenters. The molecule has 1 amide bonds. The van der Waals surface area contributed by atoms with Gasteiger partial charge in [0.15, 0.2) is 0 Å². The zero-order valence-electron chi connectivity index (χ0n) is 10.4. The number of carbonyl (C=O) groups is 1. The van der Waals surface area contributed by atoms with Gasteiger partial charge in [-0.1, -0.05) is 12.1 Å². The van der Waals surface area contributed by atoms with Gasteiger partial charge in [-0.05, 0) is 17.7 Å². The Morgan fingerprint density at radius 1 is 1.21 bits per heavy atom. The first-order chi connectivity index (χ1) is 9.14. The lowest BCUT2D eigenvalue weighted by atomic mass is 10.2. The Morgan fingerprint density at radius 2 is 1.84 bits per heavy atom. The van der Waals surface area contributed by atoms with Crippen LogP contribution in [0, 0.1) is 0 Å². The number of sulfonamides is 1. The highest BCUT2D eigenvalue weighted by Crippen LogP contribution is 2.17. The summed E-state index contributed by atoms with van der Waals surface area (Å²) in [7, 11) is -3.44. The topological polar surface area (TPSA) is 75.7 Å². The van der Waals surface area contributed by atoms with Crippen molar-refractivity contribution in [1.82, 2.24) is 9.62 Å². The van der Waals surface area contributed by atoms with Gasteiger partial charge in [0.1, 0.15) is 0 Å². The van der Waals surface area contributed by atoms with Crippen molar-refractivity contribution >= 4 is 16.4 Å². The first-order valence-corrected chi connectivity index (χ1v) is 7.42. The molecule has 0 aliphatic carbocycles. The predicted octanol–water partition coefficient (Wildman–Crippen LogP) is -0.0465. The second-order valence-electron chi connectivity index (χ2n) is 4.16. The zero-order chi connectivity index (χ0) is 13.7. The Kier molecular flexibility index (Phi) is 4.52. The Morgan fingerprint density at radius 3 is 2.42 bits per heavy atom. The first-order valence-electron chi connectivity index (χ1n) is 5.98. The van der Waals surface area contributed by atoms with Crippen LogP contribution in [0.2, 0.25) is 0 Å². The van der Waals surface area contributed by atoms with Crippen LogP contribution in [0.5, 0.6) is 0 Å². The third-order valence-electron chi connectivity index (χ3n) is 2.92. The van der Waals surface area contributed by atoms with Crippen molar-refractivity contribution in [3.63, 3.8) is 0 Å². The number of nitrogens with one attached hydrogen (secondary N) is 1. The van der Waals surface area contributed by atoms with E-state index in [0.29, 0.717) is 39.3 Å². The Labute approximate surface area is 112 Å². The van der Waals surface area contributed by atoms with Crippen molar-refractivity contribution in [2.45, 2.75) is 11.4 Å². The molecule has 1 aromatic carbocycles. The lowest BCUT2D eigenvalue weighted by Gasteiger charge is -2.26. The van der Waals surface area contributed by atoms with Crippen LogP contribution in [0.3, 0.4) is 0 Å². The third kappa shape index (κ3) is 3.31. The van der Waals surface area contributed by atoms with E-state index in [4.69, 9.17) is 4.74 Å². The molecular weight excluding hydrogens is 268 g/mol. The molecule has 1 aliphatic rings. The normalized spacial score (nSPS) is 17.1. The van der Waals surface area contributed by atoms with Crippen molar-refractivity contribution in [2.75, 3.05) is 26.3 Å². The highest BCUT2D eigenvalue weighted by molar-refractivity contribution is 7.89. The molecule has 0 aromatic heterocycles. The molecular formula is C12H16N2O4S. The van der Waals surface area contributed by atoms with Gasteiger partial charge in [-0.25, -0.2) is 8.42 Å². The number of ether oxygens (including phenoxy) is 1. The molecule has 0 saturated carbocycles. The van der Waals surface area contributed by atoms with E-state index in [1.807, 2.05) is 0 Å². The smallest absolute Gasteiger partial charge is 0.243 e. The molecule has 19 heavy (non-hydrogen) atoms. The molecule has 1 aromatic rings. The maximum Gasteiger partial charge on any atom is 0.243 e. The minimum absolute atomic E-state index is 0.268. The van der Waals surface area contributed by atoms with Gasteiger partial charge in [-0.3, -0.25) is 4.79 Å². The maximum atomic E-state index is 12.3. The van der Waals surface area contributed by atoms with Gasteiger partial charge in [0.05, 0.1) is 18.1 Å². The quantitative estimate of drug-likeness (QED) is 0.769. The molecule has 104 valence electrons. The van der Waals surface area contributed by atoms with E-state index < -0.39 is 10.0 Å². The molecule has 0 bridgehead atoms. The molecule has 7 heteroatoms. The summed E-state index contributed by atoms with van der Waals surface area (Å²) in [5.41, 5.74) is 0.855. The second-order valence-corrected chi connectivity index (χ2v) is 6.10. The minimum atomic E-state index is -3.44. The van der Waals surface area contributed by atoms with E-state index in [1.54, 1.807) is 24.3 Å². The summed E-state index contributed by atoms with van der Waals surface area (Å²) in [6.07, 6.45) is 0.610. The molecule has 6 nitrogen and oxygen atoms in total. The van der Waals surface area contributed by atoms with Crippen molar-refractivity contribution in [1.29, 1.82) is 0 Å². The Balaban J connectivity index is 2.13. The molecule has 0 radical (unpaired) electrons. The second kappa shape index (κ2) is 6.14. The molecule has 1 saturated heterocycles. The SMILES string of the molecule is O=CNCc1ccc(S(=O)(=O)N2CCOCC2)cc1. The number of carbonyl (C=O) groups excluding carboxylic acids is 1. The van der Waals surface area contributed by atoms with Gasteiger partial charge in [-0.15, -0.1) is 0 Å². The highest BCUT2D eigenvalue weighted by atomic mass is 32.2.